The molecule has 134 valence electrons. The number of fused-ring (bicyclic) bond motifs is 2. The lowest BCUT2D eigenvalue weighted by Crippen LogP contribution is -2.34. The summed E-state index contributed by atoms with van der Waals surface area (Å²) in [6.07, 6.45) is 3.59. The quantitative estimate of drug-likeness (QED) is 0.872. The standard InChI is InChI=1S/C19H17NO6/c21-13-2-1-3-15-16(13)12(9-26-15)18(22)20-17(19(23)24)11-4-5-14-10(8-11)6-7-25-14/h4-5,8-9,17H,1-3,6-7H2,(H,20,22)(H,23,24). The van der Waals surface area contributed by atoms with Gasteiger partial charge in [0, 0.05) is 19.3 Å². The zero-order chi connectivity index (χ0) is 18.3. The van der Waals surface area contributed by atoms with Crippen molar-refractivity contribution in [1.82, 2.24) is 5.32 Å². The van der Waals surface area contributed by atoms with Crippen LogP contribution in [-0.4, -0.2) is 29.4 Å². The Kier molecular flexibility index (Phi) is 3.99. The number of carbonyl (C=O) groups is 3. The van der Waals surface area contributed by atoms with Gasteiger partial charge in [-0.05, 0) is 29.7 Å². The summed E-state index contributed by atoms with van der Waals surface area (Å²) in [7, 11) is 0. The van der Waals surface area contributed by atoms with E-state index >= 15 is 0 Å². The third-order valence-electron chi connectivity index (χ3n) is 4.77. The Labute approximate surface area is 148 Å². The molecular weight excluding hydrogens is 338 g/mol. The largest absolute Gasteiger partial charge is 0.493 e. The Bertz CT molecular complexity index is 913. The number of aliphatic carboxylic acids is 1. The van der Waals surface area contributed by atoms with Gasteiger partial charge in [0.1, 0.15) is 17.8 Å². The third-order valence-corrected chi connectivity index (χ3v) is 4.77. The molecule has 0 fully saturated rings. The van der Waals surface area contributed by atoms with E-state index in [1.807, 2.05) is 0 Å². The molecule has 0 saturated carbocycles. The van der Waals surface area contributed by atoms with Crippen LogP contribution in [-0.2, 0) is 17.6 Å². The lowest BCUT2D eigenvalue weighted by Gasteiger charge is -2.16. The van der Waals surface area contributed by atoms with E-state index in [1.54, 1.807) is 18.2 Å². The first-order chi connectivity index (χ1) is 12.5. The molecule has 7 heteroatoms. The topological polar surface area (TPSA) is 106 Å². The first kappa shape index (κ1) is 16.4. The number of amides is 1. The second-order valence-corrected chi connectivity index (χ2v) is 6.43. The van der Waals surface area contributed by atoms with Crippen LogP contribution >= 0.6 is 0 Å². The van der Waals surface area contributed by atoms with Crippen molar-refractivity contribution in [1.29, 1.82) is 0 Å². The Morgan fingerprint density at radius 1 is 1.19 bits per heavy atom. The molecule has 4 rings (SSSR count). The zero-order valence-corrected chi connectivity index (χ0v) is 13.9. The molecule has 2 aliphatic rings. The molecule has 2 heterocycles. The maximum atomic E-state index is 12.6. The molecule has 0 radical (unpaired) electrons. The van der Waals surface area contributed by atoms with Gasteiger partial charge < -0.3 is 19.6 Å². The minimum Gasteiger partial charge on any atom is -0.493 e. The van der Waals surface area contributed by atoms with Crippen molar-refractivity contribution < 1.29 is 28.6 Å². The van der Waals surface area contributed by atoms with Crippen LogP contribution in [0, 0.1) is 0 Å². The van der Waals surface area contributed by atoms with E-state index in [9.17, 15) is 19.5 Å². The number of aryl methyl sites for hydroxylation is 1. The van der Waals surface area contributed by atoms with Crippen LogP contribution in [0.4, 0.5) is 0 Å². The van der Waals surface area contributed by atoms with Crippen LogP contribution in [0.1, 0.15) is 56.5 Å². The number of ketones is 1. The first-order valence-electron chi connectivity index (χ1n) is 8.47. The fourth-order valence-electron chi connectivity index (χ4n) is 3.47. The van der Waals surface area contributed by atoms with Gasteiger partial charge in [-0.15, -0.1) is 0 Å². The molecule has 1 aromatic heterocycles. The highest BCUT2D eigenvalue weighted by molar-refractivity contribution is 6.09. The summed E-state index contributed by atoms with van der Waals surface area (Å²) in [6.45, 7) is 0.562. The number of ether oxygens (including phenoxy) is 1. The minimum atomic E-state index is -1.22. The number of benzene rings is 1. The minimum absolute atomic E-state index is 0.0976. The first-order valence-corrected chi connectivity index (χ1v) is 8.47. The lowest BCUT2D eigenvalue weighted by atomic mass is 9.93. The SMILES string of the molecule is O=C(NC(C(=O)O)c1ccc2c(c1)CCO2)c1coc2c1C(=O)CCC2. The van der Waals surface area contributed by atoms with Gasteiger partial charge in [0.05, 0.1) is 17.7 Å². The van der Waals surface area contributed by atoms with Gasteiger partial charge in [-0.2, -0.15) is 0 Å². The van der Waals surface area contributed by atoms with E-state index < -0.39 is 17.9 Å². The van der Waals surface area contributed by atoms with Crippen molar-refractivity contribution in [3.8, 4) is 5.75 Å². The Morgan fingerprint density at radius 2 is 2.04 bits per heavy atom. The van der Waals surface area contributed by atoms with Crippen LogP contribution in [0.15, 0.2) is 28.9 Å². The van der Waals surface area contributed by atoms with Crippen LogP contribution in [0.3, 0.4) is 0 Å². The lowest BCUT2D eigenvalue weighted by molar-refractivity contribution is -0.139. The number of hydrogen-bond acceptors (Lipinski definition) is 5. The molecule has 26 heavy (non-hydrogen) atoms. The predicted octanol–water partition coefficient (Wildman–Crippen LogP) is 2.29. The maximum Gasteiger partial charge on any atom is 0.330 e. The Morgan fingerprint density at radius 3 is 2.85 bits per heavy atom. The highest BCUT2D eigenvalue weighted by atomic mass is 16.5. The molecule has 0 spiro atoms. The van der Waals surface area contributed by atoms with Gasteiger partial charge in [-0.25, -0.2) is 4.79 Å². The van der Waals surface area contributed by atoms with Crippen LogP contribution in [0.2, 0.25) is 0 Å². The van der Waals surface area contributed by atoms with Gasteiger partial charge in [-0.3, -0.25) is 9.59 Å². The second-order valence-electron chi connectivity index (χ2n) is 6.43. The monoisotopic (exact) mass is 355 g/mol. The van der Waals surface area contributed by atoms with Gasteiger partial charge >= 0.3 is 5.97 Å². The van der Waals surface area contributed by atoms with Crippen molar-refractivity contribution in [2.45, 2.75) is 31.7 Å². The number of carboxylic acid groups (broad SMARTS) is 1. The molecule has 7 nitrogen and oxygen atoms in total. The fraction of sp³-hybridized carbons (Fsp3) is 0.316. The highest BCUT2D eigenvalue weighted by Crippen LogP contribution is 2.30. The molecule has 0 bridgehead atoms. The third kappa shape index (κ3) is 2.75. The molecule has 0 saturated heterocycles. The summed E-state index contributed by atoms with van der Waals surface area (Å²) in [5.41, 5.74) is 1.75. The summed E-state index contributed by atoms with van der Waals surface area (Å²) in [5.74, 6) is -0.728. The van der Waals surface area contributed by atoms with Crippen LogP contribution < -0.4 is 10.1 Å². The highest BCUT2D eigenvalue weighted by Gasteiger charge is 2.31. The van der Waals surface area contributed by atoms with E-state index in [-0.39, 0.29) is 16.9 Å². The van der Waals surface area contributed by atoms with Gasteiger partial charge in [0.25, 0.3) is 5.91 Å². The molecule has 1 amide bonds. The molecular formula is C19H17NO6. The number of nitrogens with one attached hydrogen (secondary N) is 1. The van der Waals surface area contributed by atoms with E-state index in [2.05, 4.69) is 5.32 Å². The maximum absolute atomic E-state index is 12.6. The molecule has 2 N–H and O–H groups in total. The van der Waals surface area contributed by atoms with E-state index in [4.69, 9.17) is 9.15 Å². The average molecular weight is 355 g/mol. The number of carboxylic acids is 1. The molecule has 1 unspecified atom stereocenters. The van der Waals surface area contributed by atoms with Crippen molar-refractivity contribution in [3.63, 3.8) is 0 Å². The molecule has 1 aliphatic carbocycles. The molecule has 2 aromatic rings. The zero-order valence-electron chi connectivity index (χ0n) is 13.9. The molecule has 1 aromatic carbocycles. The van der Waals surface area contributed by atoms with E-state index in [0.717, 1.165) is 11.3 Å². The van der Waals surface area contributed by atoms with Crippen LogP contribution in [0.25, 0.3) is 0 Å². The van der Waals surface area contributed by atoms with Gasteiger partial charge in [0.15, 0.2) is 11.8 Å². The summed E-state index contributed by atoms with van der Waals surface area (Å²) in [4.78, 5) is 36.5. The van der Waals surface area contributed by atoms with Gasteiger partial charge in [0.2, 0.25) is 0 Å². The van der Waals surface area contributed by atoms with E-state index in [0.29, 0.717) is 43.6 Å². The average Bonchev–Trinajstić information content (AvgIpc) is 3.25. The molecule has 1 aliphatic heterocycles. The summed E-state index contributed by atoms with van der Waals surface area (Å²) in [6, 6.07) is 3.84. The van der Waals surface area contributed by atoms with Crippen molar-refractivity contribution in [2.24, 2.45) is 0 Å². The summed E-state index contributed by atoms with van der Waals surface area (Å²) >= 11 is 0. The molecule has 1 atom stereocenters. The fourth-order valence-corrected chi connectivity index (χ4v) is 3.47. The number of rotatable bonds is 4. The number of hydrogen-bond donors (Lipinski definition) is 2. The van der Waals surface area contributed by atoms with Gasteiger partial charge in [-0.1, -0.05) is 6.07 Å². The van der Waals surface area contributed by atoms with Crippen molar-refractivity contribution >= 4 is 17.7 Å². The number of carbonyl (C=O) groups excluding carboxylic acids is 2. The number of furan rings is 1. The Balaban J connectivity index is 1.62. The smallest absolute Gasteiger partial charge is 0.330 e. The predicted molar refractivity (Wildman–Crippen MR) is 89.5 cm³/mol. The number of Topliss-reactive ketones (excluding diaryl/α,β-unsaturated/α-hetero) is 1. The summed E-state index contributed by atoms with van der Waals surface area (Å²) < 4.78 is 10.8. The Hall–Kier alpha value is -3.09. The normalized spacial score (nSPS) is 16.4. The summed E-state index contributed by atoms with van der Waals surface area (Å²) in [5, 5.41) is 12.1. The van der Waals surface area contributed by atoms with Crippen LogP contribution in [0.5, 0.6) is 5.75 Å². The van der Waals surface area contributed by atoms with E-state index in [1.165, 1.54) is 6.26 Å². The van der Waals surface area contributed by atoms with Crippen molar-refractivity contribution in [2.75, 3.05) is 6.61 Å². The second kappa shape index (κ2) is 6.33. The van der Waals surface area contributed by atoms with Crippen molar-refractivity contribution in [3.05, 3.63) is 52.5 Å².